The summed E-state index contributed by atoms with van der Waals surface area (Å²) < 4.78 is 5.44. The highest BCUT2D eigenvalue weighted by Gasteiger charge is 2.31. The summed E-state index contributed by atoms with van der Waals surface area (Å²) in [5.41, 5.74) is 4.54. The molecule has 104 valence electrons. The first-order valence-corrected chi connectivity index (χ1v) is 7.84. The molecule has 0 bridgehead atoms. The van der Waals surface area contributed by atoms with E-state index in [1.807, 2.05) is 0 Å². The van der Waals surface area contributed by atoms with E-state index in [2.05, 4.69) is 23.5 Å². The Morgan fingerprint density at radius 3 is 2.74 bits per heavy atom. The van der Waals surface area contributed by atoms with Crippen LogP contribution in [-0.4, -0.2) is 24.6 Å². The van der Waals surface area contributed by atoms with Gasteiger partial charge in [-0.15, -0.1) is 11.6 Å². The number of halogens is 1. The summed E-state index contributed by atoms with van der Waals surface area (Å²) in [6.07, 6.45) is 5.85. The maximum Gasteiger partial charge on any atom is 0.0484 e. The topological polar surface area (TPSA) is 21.3 Å². The molecule has 0 radical (unpaired) electrons. The lowest BCUT2D eigenvalue weighted by Gasteiger charge is -2.36. The van der Waals surface area contributed by atoms with E-state index in [0.717, 1.165) is 32.6 Å². The number of hydrogen-bond donors (Lipinski definition) is 1. The Labute approximate surface area is 120 Å². The number of benzene rings is 1. The first-order chi connectivity index (χ1) is 9.31. The third kappa shape index (κ3) is 2.96. The highest BCUT2D eigenvalue weighted by molar-refractivity contribution is 6.18. The SMILES string of the molecule is ClCC1(NCc2ccc3c(c2)CCC3)CCOCC1. The van der Waals surface area contributed by atoms with Crippen molar-refractivity contribution in [2.45, 2.75) is 44.2 Å². The zero-order valence-electron chi connectivity index (χ0n) is 11.4. The second-order valence-corrected chi connectivity index (χ2v) is 6.10. The Balaban J connectivity index is 1.65. The molecule has 0 atom stereocenters. The molecule has 3 heteroatoms. The molecular formula is C16H22ClNO. The molecule has 1 aromatic rings. The Kier molecular flexibility index (Phi) is 4.11. The fourth-order valence-electron chi connectivity index (χ4n) is 3.14. The van der Waals surface area contributed by atoms with Gasteiger partial charge in [0.1, 0.15) is 0 Å². The zero-order chi connectivity index (χ0) is 13.1. The third-order valence-corrected chi connectivity index (χ3v) is 5.05. The molecule has 2 nitrogen and oxygen atoms in total. The average molecular weight is 280 g/mol. The van der Waals surface area contributed by atoms with E-state index < -0.39 is 0 Å². The average Bonchev–Trinajstić information content (AvgIpc) is 2.93. The Hall–Kier alpha value is -0.570. The lowest BCUT2D eigenvalue weighted by molar-refractivity contribution is 0.0459. The fraction of sp³-hybridized carbons (Fsp3) is 0.625. The third-order valence-electron chi connectivity index (χ3n) is 4.54. The van der Waals surface area contributed by atoms with Gasteiger partial charge in [-0.2, -0.15) is 0 Å². The van der Waals surface area contributed by atoms with Crippen LogP contribution >= 0.6 is 11.6 Å². The summed E-state index contributed by atoms with van der Waals surface area (Å²) in [5.74, 6) is 0.668. The molecule has 0 aromatic heterocycles. The minimum Gasteiger partial charge on any atom is -0.381 e. The van der Waals surface area contributed by atoms with Crippen molar-refractivity contribution < 1.29 is 4.74 Å². The number of nitrogens with one attached hydrogen (secondary N) is 1. The molecule has 1 N–H and O–H groups in total. The standard InChI is InChI=1S/C16H22ClNO/c17-12-16(6-8-19-9-7-16)18-11-13-4-5-14-2-1-3-15(14)10-13/h4-5,10,18H,1-3,6-9,11-12H2. The largest absolute Gasteiger partial charge is 0.381 e. The molecule has 1 aromatic carbocycles. The number of ether oxygens (including phenoxy) is 1. The lowest BCUT2D eigenvalue weighted by Crippen LogP contribution is -2.50. The molecule has 19 heavy (non-hydrogen) atoms. The summed E-state index contributed by atoms with van der Waals surface area (Å²) in [7, 11) is 0. The fourth-order valence-corrected chi connectivity index (χ4v) is 3.51. The number of rotatable bonds is 4. The number of aryl methyl sites for hydroxylation is 2. The van der Waals surface area contributed by atoms with Crippen LogP contribution in [0.3, 0.4) is 0 Å². The van der Waals surface area contributed by atoms with Crippen LogP contribution in [0, 0.1) is 0 Å². The molecule has 0 saturated carbocycles. The molecule has 1 saturated heterocycles. The maximum absolute atomic E-state index is 6.18. The van der Waals surface area contributed by atoms with Gasteiger partial charge >= 0.3 is 0 Å². The molecule has 1 fully saturated rings. The highest BCUT2D eigenvalue weighted by atomic mass is 35.5. The summed E-state index contributed by atoms with van der Waals surface area (Å²) in [6, 6.07) is 6.94. The lowest BCUT2D eigenvalue weighted by atomic mass is 9.92. The summed E-state index contributed by atoms with van der Waals surface area (Å²) in [4.78, 5) is 0. The first kappa shape index (κ1) is 13.4. The number of fused-ring (bicyclic) bond motifs is 1. The van der Waals surface area contributed by atoms with Gasteiger partial charge in [-0.25, -0.2) is 0 Å². The smallest absolute Gasteiger partial charge is 0.0484 e. The van der Waals surface area contributed by atoms with E-state index in [4.69, 9.17) is 16.3 Å². The first-order valence-electron chi connectivity index (χ1n) is 7.31. The van der Waals surface area contributed by atoms with Gasteiger partial charge in [0.05, 0.1) is 0 Å². The van der Waals surface area contributed by atoms with Crippen LogP contribution in [0.5, 0.6) is 0 Å². The van der Waals surface area contributed by atoms with E-state index in [1.54, 1.807) is 11.1 Å². The Morgan fingerprint density at radius 1 is 1.16 bits per heavy atom. The van der Waals surface area contributed by atoms with Crippen molar-refractivity contribution in [2.75, 3.05) is 19.1 Å². The summed E-state index contributed by atoms with van der Waals surface area (Å²) >= 11 is 6.18. The van der Waals surface area contributed by atoms with Gasteiger partial charge in [0.2, 0.25) is 0 Å². The summed E-state index contributed by atoms with van der Waals surface area (Å²) in [6.45, 7) is 2.56. The molecule has 1 heterocycles. The molecule has 3 rings (SSSR count). The Bertz CT molecular complexity index is 440. The van der Waals surface area contributed by atoms with E-state index in [-0.39, 0.29) is 5.54 Å². The number of alkyl halides is 1. The maximum atomic E-state index is 6.18. The van der Waals surface area contributed by atoms with Gasteiger partial charge in [-0.1, -0.05) is 18.2 Å². The van der Waals surface area contributed by atoms with Crippen molar-refractivity contribution in [1.82, 2.24) is 5.32 Å². The minimum absolute atomic E-state index is 0.0683. The van der Waals surface area contributed by atoms with Gasteiger partial charge in [0.15, 0.2) is 0 Å². The molecule has 1 aliphatic heterocycles. The van der Waals surface area contributed by atoms with Crippen LogP contribution in [0.1, 0.15) is 36.0 Å². The van der Waals surface area contributed by atoms with E-state index >= 15 is 0 Å². The Morgan fingerprint density at radius 2 is 1.95 bits per heavy atom. The quantitative estimate of drug-likeness (QED) is 0.856. The van der Waals surface area contributed by atoms with Crippen LogP contribution in [-0.2, 0) is 24.1 Å². The van der Waals surface area contributed by atoms with Crippen molar-refractivity contribution in [3.8, 4) is 0 Å². The van der Waals surface area contributed by atoms with Crippen LogP contribution in [0.2, 0.25) is 0 Å². The van der Waals surface area contributed by atoms with Crippen molar-refractivity contribution >= 4 is 11.6 Å². The van der Waals surface area contributed by atoms with Crippen molar-refractivity contribution in [3.63, 3.8) is 0 Å². The zero-order valence-corrected chi connectivity index (χ0v) is 12.1. The molecule has 0 amide bonds. The van der Waals surface area contributed by atoms with Crippen LogP contribution in [0.4, 0.5) is 0 Å². The van der Waals surface area contributed by atoms with Gasteiger partial charge in [0, 0.05) is 31.2 Å². The van der Waals surface area contributed by atoms with E-state index in [1.165, 1.54) is 24.8 Å². The van der Waals surface area contributed by atoms with E-state index in [0.29, 0.717) is 5.88 Å². The van der Waals surface area contributed by atoms with Gasteiger partial charge in [0.25, 0.3) is 0 Å². The molecular weight excluding hydrogens is 258 g/mol. The van der Waals surface area contributed by atoms with Gasteiger partial charge in [-0.05, 0) is 48.8 Å². The normalized spacial score (nSPS) is 21.3. The highest BCUT2D eigenvalue weighted by Crippen LogP contribution is 2.25. The molecule has 2 aliphatic rings. The second-order valence-electron chi connectivity index (χ2n) is 5.84. The van der Waals surface area contributed by atoms with Crippen LogP contribution in [0.15, 0.2) is 18.2 Å². The van der Waals surface area contributed by atoms with Crippen molar-refractivity contribution in [2.24, 2.45) is 0 Å². The summed E-state index contributed by atoms with van der Waals surface area (Å²) in [5, 5.41) is 3.68. The number of hydrogen-bond acceptors (Lipinski definition) is 2. The van der Waals surface area contributed by atoms with Crippen LogP contribution in [0.25, 0.3) is 0 Å². The van der Waals surface area contributed by atoms with Crippen molar-refractivity contribution in [1.29, 1.82) is 0 Å². The second kappa shape index (κ2) is 5.82. The molecule has 1 aliphatic carbocycles. The molecule has 0 unspecified atom stereocenters. The predicted octanol–water partition coefficient (Wildman–Crippen LogP) is 3.05. The minimum atomic E-state index is 0.0683. The van der Waals surface area contributed by atoms with Gasteiger partial charge < -0.3 is 10.1 Å². The van der Waals surface area contributed by atoms with Crippen LogP contribution < -0.4 is 5.32 Å². The monoisotopic (exact) mass is 279 g/mol. The van der Waals surface area contributed by atoms with Gasteiger partial charge in [-0.3, -0.25) is 0 Å². The van der Waals surface area contributed by atoms with Crippen molar-refractivity contribution in [3.05, 3.63) is 34.9 Å². The van der Waals surface area contributed by atoms with E-state index in [9.17, 15) is 0 Å². The molecule has 0 spiro atoms. The predicted molar refractivity (Wildman–Crippen MR) is 78.8 cm³/mol.